The SMILES string of the molecule is COc1ccc(-c2ccc(N3CCN(C(=O)Nc4ccccc4)CC3)nn2)cc1. The molecule has 4 rings (SSSR count). The Morgan fingerprint density at radius 1 is 0.897 bits per heavy atom. The van der Waals surface area contributed by atoms with Gasteiger partial charge in [0.2, 0.25) is 0 Å². The highest BCUT2D eigenvalue weighted by Gasteiger charge is 2.22. The molecule has 1 aromatic heterocycles. The maximum atomic E-state index is 12.4. The van der Waals surface area contributed by atoms with Gasteiger partial charge in [0.05, 0.1) is 12.8 Å². The number of para-hydroxylation sites is 1. The summed E-state index contributed by atoms with van der Waals surface area (Å²) in [6.07, 6.45) is 0. The predicted molar refractivity (Wildman–Crippen MR) is 113 cm³/mol. The number of nitrogens with one attached hydrogen (secondary N) is 1. The maximum absolute atomic E-state index is 12.4. The van der Waals surface area contributed by atoms with Gasteiger partial charge in [0.1, 0.15) is 5.75 Å². The molecule has 29 heavy (non-hydrogen) atoms. The van der Waals surface area contributed by atoms with Gasteiger partial charge in [-0.3, -0.25) is 0 Å². The van der Waals surface area contributed by atoms with Crippen molar-refractivity contribution in [3.05, 3.63) is 66.7 Å². The zero-order valence-corrected chi connectivity index (χ0v) is 16.3. The first-order valence-electron chi connectivity index (χ1n) is 9.57. The Labute approximate surface area is 169 Å². The van der Waals surface area contributed by atoms with Crippen LogP contribution in [0, 0.1) is 0 Å². The molecular weight excluding hydrogens is 366 g/mol. The fraction of sp³-hybridized carbons (Fsp3) is 0.227. The molecule has 0 unspecified atom stereocenters. The van der Waals surface area contributed by atoms with Crippen LogP contribution in [0.3, 0.4) is 0 Å². The summed E-state index contributed by atoms with van der Waals surface area (Å²) in [5.41, 5.74) is 2.62. The Morgan fingerprint density at radius 2 is 1.62 bits per heavy atom. The van der Waals surface area contributed by atoms with Gasteiger partial charge >= 0.3 is 6.03 Å². The number of hydrogen-bond acceptors (Lipinski definition) is 5. The van der Waals surface area contributed by atoms with Crippen molar-refractivity contribution in [2.75, 3.05) is 43.5 Å². The van der Waals surface area contributed by atoms with E-state index in [0.717, 1.165) is 41.6 Å². The zero-order chi connectivity index (χ0) is 20.1. The second-order valence-electron chi connectivity index (χ2n) is 6.78. The number of piperazine rings is 1. The lowest BCUT2D eigenvalue weighted by Crippen LogP contribution is -2.50. The molecule has 7 nitrogen and oxygen atoms in total. The molecule has 0 spiro atoms. The van der Waals surface area contributed by atoms with Crippen LogP contribution in [-0.2, 0) is 0 Å². The summed E-state index contributed by atoms with van der Waals surface area (Å²) < 4.78 is 5.19. The number of aromatic nitrogens is 2. The molecule has 0 bridgehead atoms. The van der Waals surface area contributed by atoms with Crippen molar-refractivity contribution in [3.8, 4) is 17.0 Å². The summed E-state index contributed by atoms with van der Waals surface area (Å²) in [5.74, 6) is 1.64. The smallest absolute Gasteiger partial charge is 0.321 e. The van der Waals surface area contributed by atoms with E-state index in [0.29, 0.717) is 13.1 Å². The summed E-state index contributed by atoms with van der Waals surface area (Å²) >= 11 is 0. The average molecular weight is 389 g/mol. The molecule has 3 aromatic rings. The number of carbonyl (C=O) groups excluding carboxylic acids is 1. The number of hydrogen-bond donors (Lipinski definition) is 1. The van der Waals surface area contributed by atoms with Crippen LogP contribution in [0.4, 0.5) is 16.3 Å². The van der Waals surface area contributed by atoms with Crippen molar-refractivity contribution in [1.29, 1.82) is 0 Å². The lowest BCUT2D eigenvalue weighted by Gasteiger charge is -2.35. The molecule has 2 heterocycles. The monoisotopic (exact) mass is 389 g/mol. The molecule has 2 aromatic carbocycles. The number of amides is 2. The van der Waals surface area contributed by atoms with Gasteiger partial charge in [-0.2, -0.15) is 0 Å². The van der Waals surface area contributed by atoms with Gasteiger partial charge in [-0.15, -0.1) is 10.2 Å². The highest BCUT2D eigenvalue weighted by molar-refractivity contribution is 5.89. The number of carbonyl (C=O) groups is 1. The first-order chi connectivity index (χ1) is 14.2. The summed E-state index contributed by atoms with van der Waals surface area (Å²) in [7, 11) is 1.65. The second kappa shape index (κ2) is 8.60. The maximum Gasteiger partial charge on any atom is 0.321 e. The molecule has 1 aliphatic heterocycles. The lowest BCUT2D eigenvalue weighted by atomic mass is 10.1. The van der Waals surface area contributed by atoms with Crippen LogP contribution < -0.4 is 15.0 Å². The van der Waals surface area contributed by atoms with Gasteiger partial charge < -0.3 is 19.9 Å². The van der Waals surface area contributed by atoms with E-state index in [2.05, 4.69) is 20.4 Å². The van der Waals surface area contributed by atoms with E-state index in [1.54, 1.807) is 7.11 Å². The third kappa shape index (κ3) is 4.45. The van der Waals surface area contributed by atoms with E-state index in [9.17, 15) is 4.79 Å². The van der Waals surface area contributed by atoms with Crippen molar-refractivity contribution in [2.24, 2.45) is 0 Å². The molecule has 0 radical (unpaired) electrons. The third-order valence-electron chi connectivity index (χ3n) is 4.95. The van der Waals surface area contributed by atoms with Crippen molar-refractivity contribution in [2.45, 2.75) is 0 Å². The fourth-order valence-electron chi connectivity index (χ4n) is 3.27. The van der Waals surface area contributed by atoms with Crippen LogP contribution in [0.1, 0.15) is 0 Å². The molecule has 0 atom stereocenters. The van der Waals surface area contributed by atoms with Crippen LogP contribution >= 0.6 is 0 Å². The number of rotatable bonds is 4. The fourth-order valence-corrected chi connectivity index (χ4v) is 3.27. The quantitative estimate of drug-likeness (QED) is 0.739. The Kier molecular flexibility index (Phi) is 5.56. The molecule has 1 aliphatic rings. The highest BCUT2D eigenvalue weighted by Crippen LogP contribution is 2.22. The van der Waals surface area contributed by atoms with Gasteiger partial charge in [0, 0.05) is 37.4 Å². The molecule has 0 aliphatic carbocycles. The van der Waals surface area contributed by atoms with Gasteiger partial charge in [0.25, 0.3) is 0 Å². The lowest BCUT2D eigenvalue weighted by molar-refractivity contribution is 0.208. The summed E-state index contributed by atoms with van der Waals surface area (Å²) in [6, 6.07) is 21.1. The van der Waals surface area contributed by atoms with Gasteiger partial charge in [-0.1, -0.05) is 18.2 Å². The third-order valence-corrected chi connectivity index (χ3v) is 4.95. The number of methoxy groups -OCH3 is 1. The number of urea groups is 1. The van der Waals surface area contributed by atoms with Crippen LogP contribution in [0.5, 0.6) is 5.75 Å². The average Bonchev–Trinajstić information content (AvgIpc) is 2.80. The molecule has 0 saturated carbocycles. The van der Waals surface area contributed by atoms with Crippen LogP contribution in [0.2, 0.25) is 0 Å². The predicted octanol–water partition coefficient (Wildman–Crippen LogP) is 3.51. The van der Waals surface area contributed by atoms with E-state index in [1.165, 1.54) is 0 Å². The molecular formula is C22H23N5O2. The Bertz CT molecular complexity index is 937. The van der Waals surface area contributed by atoms with E-state index in [1.807, 2.05) is 71.6 Å². The zero-order valence-electron chi connectivity index (χ0n) is 16.3. The van der Waals surface area contributed by atoms with Gasteiger partial charge in [-0.05, 0) is 48.5 Å². The van der Waals surface area contributed by atoms with Gasteiger partial charge in [-0.25, -0.2) is 4.79 Å². The standard InChI is InChI=1S/C22H23N5O2/c1-29-19-9-7-17(8-10-19)20-11-12-21(25-24-20)26-13-15-27(16-14-26)22(28)23-18-5-3-2-4-6-18/h2-12H,13-16H2,1H3,(H,23,28). The van der Waals surface area contributed by atoms with Crippen LogP contribution in [0.15, 0.2) is 66.7 Å². The Balaban J connectivity index is 1.34. The minimum Gasteiger partial charge on any atom is -0.497 e. The minimum atomic E-state index is -0.0724. The normalized spacial score (nSPS) is 13.8. The molecule has 1 saturated heterocycles. The van der Waals surface area contributed by atoms with E-state index in [-0.39, 0.29) is 6.03 Å². The van der Waals surface area contributed by atoms with E-state index in [4.69, 9.17) is 4.74 Å². The molecule has 1 fully saturated rings. The van der Waals surface area contributed by atoms with Crippen molar-refractivity contribution in [1.82, 2.24) is 15.1 Å². The van der Waals surface area contributed by atoms with Crippen molar-refractivity contribution in [3.63, 3.8) is 0 Å². The molecule has 7 heteroatoms. The van der Waals surface area contributed by atoms with Gasteiger partial charge in [0.15, 0.2) is 5.82 Å². The number of nitrogens with zero attached hydrogens (tertiary/aromatic N) is 4. The number of benzene rings is 2. The van der Waals surface area contributed by atoms with Crippen molar-refractivity contribution < 1.29 is 9.53 Å². The largest absolute Gasteiger partial charge is 0.497 e. The summed E-state index contributed by atoms with van der Waals surface area (Å²) in [6.45, 7) is 2.72. The Hall–Kier alpha value is -3.61. The van der Waals surface area contributed by atoms with Crippen LogP contribution in [0.25, 0.3) is 11.3 Å². The molecule has 1 N–H and O–H groups in total. The number of ether oxygens (including phenoxy) is 1. The van der Waals surface area contributed by atoms with Crippen molar-refractivity contribution >= 4 is 17.5 Å². The molecule has 148 valence electrons. The summed E-state index contributed by atoms with van der Waals surface area (Å²) in [4.78, 5) is 16.4. The first-order valence-corrected chi connectivity index (χ1v) is 9.57. The minimum absolute atomic E-state index is 0.0724. The summed E-state index contributed by atoms with van der Waals surface area (Å²) in [5, 5.41) is 11.7. The molecule has 2 amide bonds. The van der Waals surface area contributed by atoms with E-state index >= 15 is 0 Å². The number of anilines is 2. The first kappa shape index (κ1) is 18.7. The highest BCUT2D eigenvalue weighted by atomic mass is 16.5. The Morgan fingerprint density at radius 3 is 2.24 bits per heavy atom. The second-order valence-corrected chi connectivity index (χ2v) is 6.78. The van der Waals surface area contributed by atoms with E-state index < -0.39 is 0 Å². The van der Waals surface area contributed by atoms with Crippen LogP contribution in [-0.4, -0.2) is 54.4 Å². The topological polar surface area (TPSA) is 70.6 Å².